The highest BCUT2D eigenvalue weighted by atomic mass is 16.7. The Labute approximate surface area is 192 Å². The summed E-state index contributed by atoms with van der Waals surface area (Å²) in [6, 6.07) is 0. The van der Waals surface area contributed by atoms with Crippen LogP contribution in [-0.2, 0) is 23.7 Å². The van der Waals surface area contributed by atoms with Gasteiger partial charge in [0.1, 0.15) is 73.2 Å². The molecular weight excluding hydrogens is 472 g/mol. The first-order valence-electron chi connectivity index (χ1n) is 10.6. The quantitative estimate of drug-likeness (QED) is 0.154. The van der Waals surface area contributed by atoms with Gasteiger partial charge >= 0.3 is 0 Å². The van der Waals surface area contributed by atoms with Crippen LogP contribution in [0.2, 0.25) is 0 Å². The molecule has 3 fully saturated rings. The highest BCUT2D eigenvalue weighted by Gasteiger charge is 2.53. The Morgan fingerprint density at radius 3 is 1.47 bits per heavy atom. The van der Waals surface area contributed by atoms with E-state index in [1.54, 1.807) is 0 Å². The summed E-state index contributed by atoms with van der Waals surface area (Å²) in [4.78, 5) is 0. The van der Waals surface area contributed by atoms with Crippen LogP contribution < -0.4 is 0 Å². The molecule has 3 aliphatic rings. The molecule has 1 unspecified atom stereocenters. The molecule has 0 spiro atoms. The summed E-state index contributed by atoms with van der Waals surface area (Å²) in [7, 11) is 0. The van der Waals surface area contributed by atoms with Crippen molar-refractivity contribution in [3.63, 3.8) is 0 Å². The molecule has 3 rings (SSSR count). The van der Waals surface area contributed by atoms with Gasteiger partial charge in [0, 0.05) is 0 Å². The maximum absolute atomic E-state index is 10.6. The number of aliphatic hydroxyl groups excluding tert-OH is 11. The average Bonchev–Trinajstić information content (AvgIpc) is 2.83. The zero-order valence-corrected chi connectivity index (χ0v) is 17.7. The van der Waals surface area contributed by atoms with Crippen molar-refractivity contribution in [1.82, 2.24) is 0 Å². The topological polar surface area (TPSA) is 269 Å². The van der Waals surface area contributed by atoms with Crippen molar-refractivity contribution in [1.29, 1.82) is 0 Å². The second-order valence-corrected chi connectivity index (χ2v) is 8.33. The molecule has 0 bridgehead atoms. The SMILES string of the molecule is OC[C@H]1O[C@@H](O[C@H]2[C@H](O)[C@@H](O)[C@@H](O[C@H]3[C@H](O)[C@@H](CO)OC(O)[C@@H]3O)O[C@@H]2CO)[C@H](O)[C@@H](O)[C@@H]1O. The number of ether oxygens (including phenoxy) is 5. The van der Waals surface area contributed by atoms with Gasteiger partial charge in [-0.15, -0.1) is 0 Å². The average molecular weight is 504 g/mol. The lowest BCUT2D eigenvalue weighted by Crippen LogP contribution is -2.66. The zero-order chi connectivity index (χ0) is 25.3. The number of aliphatic hydroxyl groups is 11. The first-order chi connectivity index (χ1) is 16.0. The third kappa shape index (κ3) is 5.37. The van der Waals surface area contributed by atoms with Gasteiger partial charge in [0.25, 0.3) is 0 Å². The maximum atomic E-state index is 10.6. The van der Waals surface area contributed by atoms with Crippen molar-refractivity contribution >= 4 is 0 Å². The zero-order valence-electron chi connectivity index (χ0n) is 17.7. The molecule has 16 nitrogen and oxygen atoms in total. The van der Waals surface area contributed by atoms with E-state index in [2.05, 4.69) is 0 Å². The predicted molar refractivity (Wildman–Crippen MR) is 101 cm³/mol. The van der Waals surface area contributed by atoms with E-state index < -0.39 is 112 Å². The van der Waals surface area contributed by atoms with Crippen molar-refractivity contribution in [3.8, 4) is 0 Å². The van der Waals surface area contributed by atoms with E-state index >= 15 is 0 Å². The summed E-state index contributed by atoms with van der Waals surface area (Å²) in [5.41, 5.74) is 0. The van der Waals surface area contributed by atoms with E-state index in [9.17, 15) is 56.2 Å². The van der Waals surface area contributed by atoms with Gasteiger partial charge in [-0.2, -0.15) is 0 Å². The Morgan fingerprint density at radius 1 is 0.441 bits per heavy atom. The van der Waals surface area contributed by atoms with Gasteiger partial charge in [0.05, 0.1) is 19.8 Å². The molecule has 200 valence electrons. The lowest BCUT2D eigenvalue weighted by Gasteiger charge is -2.47. The molecule has 0 radical (unpaired) electrons. The van der Waals surface area contributed by atoms with Crippen LogP contribution in [0.15, 0.2) is 0 Å². The normalized spacial score (nSPS) is 52.5. The van der Waals surface area contributed by atoms with E-state index in [0.29, 0.717) is 0 Å². The van der Waals surface area contributed by atoms with Gasteiger partial charge in [0.2, 0.25) is 0 Å². The Hall–Kier alpha value is -0.640. The molecule has 16 heteroatoms. The lowest BCUT2D eigenvalue weighted by molar-refractivity contribution is -0.378. The monoisotopic (exact) mass is 504 g/mol. The molecule has 0 aromatic heterocycles. The molecular formula is C18H32O16. The van der Waals surface area contributed by atoms with E-state index in [-0.39, 0.29) is 0 Å². The van der Waals surface area contributed by atoms with Crippen molar-refractivity contribution in [2.45, 2.75) is 92.1 Å². The molecule has 0 aromatic carbocycles. The highest BCUT2D eigenvalue weighted by Crippen LogP contribution is 2.32. The number of hydrogen-bond acceptors (Lipinski definition) is 16. The summed E-state index contributed by atoms with van der Waals surface area (Å²) in [6.07, 6.45) is -25.3. The minimum Gasteiger partial charge on any atom is -0.394 e. The standard InChI is InChI=1S/C18H32O16/c19-1-4-7(22)9(24)11(26)17(31-4)33-14-6(3-21)32-18(12(27)10(14)25)34-15-8(23)5(2-20)30-16(29)13(15)28/h4-29H,1-3H2/t4-,5-,6-,7-,8-,9+,10-,11-,12-,13-,14-,15+,16?,17+,18-/m1/s1. The molecule has 0 aliphatic carbocycles. The van der Waals surface area contributed by atoms with E-state index in [0.717, 1.165) is 0 Å². The van der Waals surface area contributed by atoms with Crippen LogP contribution in [0, 0.1) is 0 Å². The maximum Gasteiger partial charge on any atom is 0.187 e. The molecule has 0 saturated carbocycles. The lowest BCUT2D eigenvalue weighted by atomic mass is 9.96. The first-order valence-corrected chi connectivity index (χ1v) is 10.6. The number of rotatable bonds is 7. The van der Waals surface area contributed by atoms with E-state index in [1.807, 2.05) is 0 Å². The second kappa shape index (κ2) is 11.6. The summed E-state index contributed by atoms with van der Waals surface area (Å²) >= 11 is 0. The Kier molecular flexibility index (Phi) is 9.54. The molecule has 34 heavy (non-hydrogen) atoms. The Morgan fingerprint density at radius 2 is 0.912 bits per heavy atom. The molecule has 3 aliphatic heterocycles. The minimum absolute atomic E-state index is 0.740. The van der Waals surface area contributed by atoms with E-state index in [1.165, 1.54) is 0 Å². The third-order valence-electron chi connectivity index (χ3n) is 6.09. The van der Waals surface area contributed by atoms with Gasteiger partial charge in [-0.05, 0) is 0 Å². The molecule has 0 aromatic rings. The van der Waals surface area contributed by atoms with Gasteiger partial charge < -0.3 is 79.9 Å². The van der Waals surface area contributed by atoms with Crippen LogP contribution in [0.3, 0.4) is 0 Å². The fourth-order valence-corrected chi connectivity index (χ4v) is 4.05. The molecule has 0 amide bonds. The third-order valence-corrected chi connectivity index (χ3v) is 6.09. The van der Waals surface area contributed by atoms with Crippen LogP contribution in [0.5, 0.6) is 0 Å². The van der Waals surface area contributed by atoms with Crippen LogP contribution in [0.4, 0.5) is 0 Å². The summed E-state index contributed by atoms with van der Waals surface area (Å²) < 4.78 is 26.2. The summed E-state index contributed by atoms with van der Waals surface area (Å²) in [5.74, 6) is 0. The van der Waals surface area contributed by atoms with Crippen molar-refractivity contribution in [2.75, 3.05) is 19.8 Å². The Balaban J connectivity index is 1.72. The summed E-state index contributed by atoms with van der Waals surface area (Å²) in [6.45, 7) is -2.31. The van der Waals surface area contributed by atoms with Crippen LogP contribution in [-0.4, -0.2) is 168 Å². The Bertz CT molecular complexity index is 637. The largest absolute Gasteiger partial charge is 0.394 e. The van der Waals surface area contributed by atoms with Crippen molar-refractivity contribution in [3.05, 3.63) is 0 Å². The van der Waals surface area contributed by atoms with Gasteiger partial charge in [-0.25, -0.2) is 0 Å². The van der Waals surface area contributed by atoms with Crippen LogP contribution >= 0.6 is 0 Å². The van der Waals surface area contributed by atoms with Crippen molar-refractivity contribution in [2.24, 2.45) is 0 Å². The molecule has 15 atom stereocenters. The molecule has 3 heterocycles. The van der Waals surface area contributed by atoms with Crippen LogP contribution in [0.25, 0.3) is 0 Å². The summed E-state index contributed by atoms with van der Waals surface area (Å²) in [5, 5.41) is 109. The van der Waals surface area contributed by atoms with E-state index in [4.69, 9.17) is 23.7 Å². The predicted octanol–water partition coefficient (Wildman–Crippen LogP) is -7.57. The highest BCUT2D eigenvalue weighted by molar-refractivity contribution is 4.96. The smallest absolute Gasteiger partial charge is 0.187 e. The molecule has 3 saturated heterocycles. The van der Waals surface area contributed by atoms with Gasteiger partial charge in [0.15, 0.2) is 18.9 Å². The van der Waals surface area contributed by atoms with Crippen LogP contribution in [0.1, 0.15) is 0 Å². The van der Waals surface area contributed by atoms with Gasteiger partial charge in [-0.3, -0.25) is 0 Å². The number of hydrogen-bond donors (Lipinski definition) is 11. The second-order valence-electron chi connectivity index (χ2n) is 8.33. The van der Waals surface area contributed by atoms with Crippen molar-refractivity contribution < 1.29 is 79.9 Å². The fourth-order valence-electron chi connectivity index (χ4n) is 4.05. The van der Waals surface area contributed by atoms with Gasteiger partial charge in [-0.1, -0.05) is 0 Å². The minimum atomic E-state index is -1.93. The first kappa shape index (κ1) is 27.9. The molecule has 11 N–H and O–H groups in total. The fraction of sp³-hybridized carbons (Fsp3) is 1.00.